The molecule has 1 aliphatic rings. The van der Waals surface area contributed by atoms with Crippen LogP contribution in [-0.2, 0) is 4.79 Å². The molecule has 3 rings (SSSR count). The van der Waals surface area contributed by atoms with E-state index in [1.807, 2.05) is 23.5 Å². The van der Waals surface area contributed by atoms with Crippen LogP contribution >= 0.6 is 11.3 Å². The molecule has 0 spiro atoms. The van der Waals surface area contributed by atoms with Crippen LogP contribution in [-0.4, -0.2) is 30.9 Å². The first-order valence-electron chi connectivity index (χ1n) is 6.95. The van der Waals surface area contributed by atoms with Crippen molar-refractivity contribution < 1.29 is 4.79 Å². The van der Waals surface area contributed by atoms with Crippen molar-refractivity contribution in [3.05, 3.63) is 35.2 Å². The predicted octanol–water partition coefficient (Wildman–Crippen LogP) is 3.58. The number of amides is 1. The van der Waals surface area contributed by atoms with Crippen LogP contribution in [0.25, 0.3) is 15.7 Å². The van der Waals surface area contributed by atoms with E-state index in [9.17, 15) is 4.79 Å². The van der Waals surface area contributed by atoms with Crippen LogP contribution < -0.4 is 5.32 Å². The monoisotopic (exact) mass is 286 g/mol. The number of benzene rings is 1. The maximum Gasteiger partial charge on any atom is 0.211 e. The molecule has 0 radical (unpaired) electrons. The van der Waals surface area contributed by atoms with Crippen LogP contribution in [0.5, 0.6) is 0 Å². The number of likely N-dealkylation sites (N-methyl/N-ethyl adjacent to an activating group) is 1. The van der Waals surface area contributed by atoms with Gasteiger partial charge in [0.1, 0.15) is 0 Å². The average Bonchev–Trinajstić information content (AvgIpc) is 2.91. The van der Waals surface area contributed by atoms with E-state index in [4.69, 9.17) is 0 Å². The highest BCUT2D eigenvalue weighted by molar-refractivity contribution is 7.20. The molecule has 2 aromatic rings. The fourth-order valence-electron chi connectivity index (χ4n) is 2.57. The molecule has 20 heavy (non-hydrogen) atoms. The summed E-state index contributed by atoms with van der Waals surface area (Å²) in [6, 6.07) is 8.32. The number of carbonyl (C=O) groups is 1. The Morgan fingerprint density at radius 2 is 2.30 bits per heavy atom. The van der Waals surface area contributed by atoms with Crippen molar-refractivity contribution in [3.63, 3.8) is 0 Å². The molecule has 1 aromatic heterocycles. The standard InChI is InChI=1S/C16H18N2OS/c1-2-18-7-5-12(6-8-18)15-9-13-3-4-14(17-11-19)10-16(13)20-15/h3-5,9-11H,2,6-8H2,1H3,(H,17,19). The van der Waals surface area contributed by atoms with Crippen molar-refractivity contribution >= 4 is 39.1 Å². The first-order chi connectivity index (χ1) is 9.80. The second kappa shape index (κ2) is 5.77. The Morgan fingerprint density at radius 3 is 3.00 bits per heavy atom. The minimum absolute atomic E-state index is 0.721. The lowest BCUT2D eigenvalue weighted by atomic mass is 10.1. The molecular formula is C16H18N2OS. The maximum atomic E-state index is 10.5. The summed E-state index contributed by atoms with van der Waals surface area (Å²) >= 11 is 1.81. The quantitative estimate of drug-likeness (QED) is 0.871. The van der Waals surface area contributed by atoms with Gasteiger partial charge in [-0.1, -0.05) is 19.1 Å². The van der Waals surface area contributed by atoms with E-state index in [0.717, 1.165) is 38.2 Å². The zero-order valence-corrected chi connectivity index (χ0v) is 12.4. The molecule has 0 aliphatic carbocycles. The van der Waals surface area contributed by atoms with E-state index < -0.39 is 0 Å². The van der Waals surface area contributed by atoms with Gasteiger partial charge < -0.3 is 5.32 Å². The van der Waals surface area contributed by atoms with E-state index in [-0.39, 0.29) is 0 Å². The summed E-state index contributed by atoms with van der Waals surface area (Å²) in [7, 11) is 0. The Kier molecular flexibility index (Phi) is 3.85. The molecule has 0 saturated carbocycles. The van der Waals surface area contributed by atoms with E-state index in [1.54, 1.807) is 0 Å². The fourth-order valence-corrected chi connectivity index (χ4v) is 3.74. The number of hydrogen-bond acceptors (Lipinski definition) is 3. The summed E-state index contributed by atoms with van der Waals surface area (Å²) in [5.74, 6) is 0. The van der Waals surface area contributed by atoms with Crippen LogP contribution in [0.3, 0.4) is 0 Å². The van der Waals surface area contributed by atoms with Crippen molar-refractivity contribution in [1.29, 1.82) is 0 Å². The molecule has 0 fully saturated rings. The molecule has 0 bridgehead atoms. The highest BCUT2D eigenvalue weighted by atomic mass is 32.1. The zero-order valence-electron chi connectivity index (χ0n) is 11.6. The second-order valence-corrected chi connectivity index (χ2v) is 6.08. The minimum Gasteiger partial charge on any atom is -0.329 e. The normalized spacial score (nSPS) is 16.1. The number of hydrogen-bond donors (Lipinski definition) is 1. The van der Waals surface area contributed by atoms with Gasteiger partial charge in [0.25, 0.3) is 0 Å². The van der Waals surface area contributed by atoms with Crippen molar-refractivity contribution in [1.82, 2.24) is 4.90 Å². The number of nitrogens with zero attached hydrogens (tertiary/aromatic N) is 1. The van der Waals surface area contributed by atoms with Crippen LogP contribution in [0.2, 0.25) is 0 Å². The van der Waals surface area contributed by atoms with Gasteiger partial charge in [0, 0.05) is 28.4 Å². The zero-order chi connectivity index (χ0) is 13.9. The summed E-state index contributed by atoms with van der Waals surface area (Å²) in [5.41, 5.74) is 2.32. The molecule has 0 saturated heterocycles. The first kappa shape index (κ1) is 13.3. The van der Waals surface area contributed by atoms with E-state index in [1.165, 1.54) is 20.5 Å². The summed E-state index contributed by atoms with van der Waals surface area (Å²) in [4.78, 5) is 14.3. The van der Waals surface area contributed by atoms with Gasteiger partial charge in [-0.05, 0) is 42.1 Å². The Labute approximate surface area is 122 Å². The molecule has 1 aromatic carbocycles. The van der Waals surface area contributed by atoms with Crippen molar-refractivity contribution in [2.24, 2.45) is 0 Å². The first-order valence-corrected chi connectivity index (χ1v) is 7.77. The third kappa shape index (κ3) is 2.62. The summed E-state index contributed by atoms with van der Waals surface area (Å²) in [5, 5.41) is 3.96. The molecule has 1 aliphatic heterocycles. The predicted molar refractivity (Wildman–Crippen MR) is 86.2 cm³/mol. The molecule has 4 heteroatoms. The fraction of sp³-hybridized carbons (Fsp3) is 0.312. The Bertz CT molecular complexity index is 660. The lowest BCUT2D eigenvalue weighted by Gasteiger charge is -2.24. The minimum atomic E-state index is 0.721. The van der Waals surface area contributed by atoms with Gasteiger partial charge in [-0.3, -0.25) is 9.69 Å². The van der Waals surface area contributed by atoms with Gasteiger partial charge in [0.15, 0.2) is 0 Å². The smallest absolute Gasteiger partial charge is 0.211 e. The molecule has 1 amide bonds. The van der Waals surface area contributed by atoms with Gasteiger partial charge in [0.05, 0.1) is 0 Å². The van der Waals surface area contributed by atoms with Crippen LogP contribution in [0.1, 0.15) is 18.2 Å². The molecule has 1 N–H and O–H groups in total. The molecule has 3 nitrogen and oxygen atoms in total. The number of nitrogens with one attached hydrogen (secondary N) is 1. The summed E-state index contributed by atoms with van der Waals surface area (Å²) in [6.45, 7) is 5.53. The molecule has 0 atom stereocenters. The van der Waals surface area contributed by atoms with Gasteiger partial charge in [-0.2, -0.15) is 0 Å². The van der Waals surface area contributed by atoms with E-state index in [0.29, 0.717) is 0 Å². The van der Waals surface area contributed by atoms with Gasteiger partial charge in [-0.25, -0.2) is 0 Å². The van der Waals surface area contributed by atoms with Crippen molar-refractivity contribution in [3.8, 4) is 0 Å². The van der Waals surface area contributed by atoms with Crippen LogP contribution in [0.4, 0.5) is 5.69 Å². The molecule has 2 heterocycles. The van der Waals surface area contributed by atoms with Crippen LogP contribution in [0.15, 0.2) is 30.3 Å². The largest absolute Gasteiger partial charge is 0.329 e. The maximum absolute atomic E-state index is 10.5. The Hall–Kier alpha value is -1.65. The van der Waals surface area contributed by atoms with Gasteiger partial charge >= 0.3 is 0 Å². The Morgan fingerprint density at radius 1 is 1.40 bits per heavy atom. The topological polar surface area (TPSA) is 32.3 Å². The third-order valence-electron chi connectivity index (χ3n) is 3.80. The van der Waals surface area contributed by atoms with Crippen molar-refractivity contribution in [2.75, 3.05) is 25.0 Å². The highest BCUT2D eigenvalue weighted by Crippen LogP contribution is 2.34. The summed E-state index contributed by atoms with van der Waals surface area (Å²) in [6.07, 6.45) is 4.20. The molecule has 104 valence electrons. The number of rotatable bonds is 4. The van der Waals surface area contributed by atoms with Crippen LogP contribution in [0, 0.1) is 0 Å². The summed E-state index contributed by atoms with van der Waals surface area (Å²) < 4.78 is 1.23. The lowest BCUT2D eigenvalue weighted by molar-refractivity contribution is -0.105. The molecular weight excluding hydrogens is 268 g/mol. The number of fused-ring (bicyclic) bond motifs is 1. The van der Waals surface area contributed by atoms with Gasteiger partial charge in [0.2, 0.25) is 6.41 Å². The third-order valence-corrected chi connectivity index (χ3v) is 4.98. The number of anilines is 1. The number of carbonyl (C=O) groups excluding carboxylic acids is 1. The molecule has 0 unspecified atom stereocenters. The average molecular weight is 286 g/mol. The van der Waals surface area contributed by atoms with Crippen molar-refractivity contribution in [2.45, 2.75) is 13.3 Å². The SMILES string of the molecule is CCN1CC=C(c2cc3ccc(NC=O)cc3s2)CC1. The highest BCUT2D eigenvalue weighted by Gasteiger charge is 2.13. The second-order valence-electron chi connectivity index (χ2n) is 5.00. The number of thiophene rings is 1. The van der Waals surface area contributed by atoms with E-state index >= 15 is 0 Å². The lowest BCUT2D eigenvalue weighted by Crippen LogP contribution is -2.27. The van der Waals surface area contributed by atoms with Gasteiger partial charge in [-0.15, -0.1) is 11.3 Å². The van der Waals surface area contributed by atoms with E-state index in [2.05, 4.69) is 35.3 Å². The Balaban J connectivity index is 1.89.